The fourth-order valence-corrected chi connectivity index (χ4v) is 4.12. The molecule has 0 fully saturated rings. The molecule has 2 aromatic rings. The fourth-order valence-electron chi connectivity index (χ4n) is 3.25. The Hall–Kier alpha value is -1.72. The topological polar surface area (TPSA) is 52.6 Å². The average Bonchev–Trinajstić information content (AvgIpc) is 2.72. The van der Waals surface area contributed by atoms with Crippen molar-refractivity contribution in [3.8, 4) is 11.5 Å². The minimum atomic E-state index is -0.699. The van der Waals surface area contributed by atoms with Crippen molar-refractivity contribution in [3.05, 3.63) is 62.6 Å². The summed E-state index contributed by atoms with van der Waals surface area (Å²) in [5, 5.41) is -0.931. The van der Waals surface area contributed by atoms with Crippen molar-refractivity contribution in [2.45, 2.75) is 32.6 Å². The number of unbranched alkanes of at least 4 members (excludes halogenated alkanes) is 3. The van der Waals surface area contributed by atoms with Crippen LogP contribution < -0.4 is 9.47 Å². The van der Waals surface area contributed by atoms with Gasteiger partial charge in [0.15, 0.2) is 0 Å². The third-order valence-electron chi connectivity index (χ3n) is 4.70. The Labute approximate surface area is 202 Å². The molecule has 2 rings (SSSR count). The largest absolute Gasteiger partial charge is 0.494 e. The van der Waals surface area contributed by atoms with E-state index in [1.807, 2.05) is 6.08 Å². The summed E-state index contributed by atoms with van der Waals surface area (Å²) in [5.74, 6) is 0.389. The summed E-state index contributed by atoms with van der Waals surface area (Å²) in [6.45, 7) is 2.12. The zero-order valence-electron chi connectivity index (χ0n) is 17.4. The summed E-state index contributed by atoms with van der Waals surface area (Å²) >= 11 is 24.3. The van der Waals surface area contributed by atoms with Crippen LogP contribution in [-0.2, 0) is 0 Å². The zero-order valence-corrected chi connectivity index (χ0v) is 20.4. The van der Waals surface area contributed by atoms with Crippen LogP contribution in [0.2, 0.25) is 10.0 Å². The normalized spacial score (nSPS) is 10.5. The second-order valence-electron chi connectivity index (χ2n) is 6.74. The lowest BCUT2D eigenvalue weighted by Gasteiger charge is -2.16. The quantitative estimate of drug-likeness (QED) is 0.245. The van der Waals surface area contributed by atoms with Crippen LogP contribution in [0, 0.1) is 0 Å². The van der Waals surface area contributed by atoms with Gasteiger partial charge in [-0.05, 0) is 77.0 Å². The monoisotopic (exact) mass is 502 g/mol. The predicted octanol–water partition coefficient (Wildman–Crippen LogP) is 7.78. The van der Waals surface area contributed by atoms with Crippen LogP contribution in [-0.4, -0.2) is 24.7 Å². The summed E-state index contributed by atoms with van der Waals surface area (Å²) in [5.41, 5.74) is 2.25. The standard InChI is InChI=1S/C23H22Cl4O4/c1-4-5-6-7-8-15(13-9-16(22(26)28)20(30-2)18(24)11-13)14-10-17(23(27)29)21(31-3)19(25)12-14/h8-12H,4-7H2,1-3H3. The molecule has 0 radical (unpaired) electrons. The van der Waals surface area contributed by atoms with Gasteiger partial charge < -0.3 is 9.47 Å². The Bertz CT molecular complexity index is 942. The molecule has 0 aromatic heterocycles. The van der Waals surface area contributed by atoms with E-state index in [2.05, 4.69) is 6.92 Å². The molecule has 0 aliphatic carbocycles. The van der Waals surface area contributed by atoms with Gasteiger partial charge in [-0.2, -0.15) is 0 Å². The van der Waals surface area contributed by atoms with E-state index in [-0.39, 0.29) is 32.7 Å². The van der Waals surface area contributed by atoms with E-state index in [9.17, 15) is 9.59 Å². The van der Waals surface area contributed by atoms with Gasteiger partial charge in [0.25, 0.3) is 10.5 Å². The maximum Gasteiger partial charge on any atom is 0.256 e. The van der Waals surface area contributed by atoms with Crippen molar-refractivity contribution in [2.75, 3.05) is 14.2 Å². The lowest BCUT2D eigenvalue weighted by Crippen LogP contribution is -2.01. The molecule has 0 saturated carbocycles. The molecule has 4 nitrogen and oxygen atoms in total. The van der Waals surface area contributed by atoms with Gasteiger partial charge in [0, 0.05) is 0 Å². The first-order chi connectivity index (χ1) is 14.7. The lowest BCUT2D eigenvalue weighted by molar-refractivity contribution is 0.107. The smallest absolute Gasteiger partial charge is 0.256 e. The van der Waals surface area contributed by atoms with E-state index in [1.165, 1.54) is 14.2 Å². The number of allylic oxidation sites excluding steroid dienone is 1. The molecule has 31 heavy (non-hydrogen) atoms. The number of carbonyl (C=O) groups excluding carboxylic acids is 2. The van der Waals surface area contributed by atoms with Crippen LogP contribution in [0.4, 0.5) is 0 Å². The molecule has 0 atom stereocenters. The van der Waals surface area contributed by atoms with Gasteiger partial charge in [0.05, 0.1) is 35.4 Å². The average molecular weight is 504 g/mol. The molecule has 0 saturated heterocycles. The van der Waals surface area contributed by atoms with Crippen molar-refractivity contribution < 1.29 is 19.1 Å². The molecule has 0 unspecified atom stereocenters. The highest BCUT2D eigenvalue weighted by molar-refractivity contribution is 6.68. The fraction of sp³-hybridized carbons (Fsp3) is 0.304. The number of ether oxygens (including phenoxy) is 2. The van der Waals surface area contributed by atoms with Gasteiger partial charge >= 0.3 is 0 Å². The third kappa shape index (κ3) is 6.17. The molecule has 0 heterocycles. The summed E-state index contributed by atoms with van der Waals surface area (Å²) in [6.07, 6.45) is 5.88. The summed E-state index contributed by atoms with van der Waals surface area (Å²) in [4.78, 5) is 24.0. The molecule has 0 amide bonds. The molecule has 0 N–H and O–H groups in total. The molecule has 166 valence electrons. The Kier molecular flexibility index (Phi) is 9.70. The molecule has 8 heteroatoms. The van der Waals surface area contributed by atoms with E-state index in [0.717, 1.165) is 31.3 Å². The first kappa shape index (κ1) is 25.5. The van der Waals surface area contributed by atoms with Crippen LogP contribution in [0.5, 0.6) is 11.5 Å². The van der Waals surface area contributed by atoms with E-state index in [4.69, 9.17) is 55.9 Å². The second-order valence-corrected chi connectivity index (χ2v) is 8.24. The molecular formula is C23H22Cl4O4. The minimum Gasteiger partial charge on any atom is -0.494 e. The number of carbonyl (C=O) groups is 2. The first-order valence-corrected chi connectivity index (χ1v) is 11.1. The van der Waals surface area contributed by atoms with E-state index >= 15 is 0 Å². The van der Waals surface area contributed by atoms with Gasteiger partial charge in [-0.25, -0.2) is 0 Å². The van der Waals surface area contributed by atoms with Crippen molar-refractivity contribution in [3.63, 3.8) is 0 Å². The Balaban J connectivity index is 2.74. The van der Waals surface area contributed by atoms with Crippen LogP contribution in [0.15, 0.2) is 30.3 Å². The maximum atomic E-state index is 12.0. The summed E-state index contributed by atoms with van der Waals surface area (Å²) in [7, 11) is 2.82. The number of rotatable bonds is 10. The first-order valence-electron chi connectivity index (χ1n) is 9.60. The second kappa shape index (κ2) is 11.8. The number of hydrogen-bond acceptors (Lipinski definition) is 4. The van der Waals surface area contributed by atoms with Crippen molar-refractivity contribution in [2.24, 2.45) is 0 Å². The number of hydrogen-bond donors (Lipinski definition) is 0. The maximum absolute atomic E-state index is 12.0. The van der Waals surface area contributed by atoms with E-state index in [0.29, 0.717) is 11.1 Å². The minimum absolute atomic E-state index is 0.138. The van der Waals surface area contributed by atoms with Gasteiger partial charge in [-0.1, -0.05) is 49.0 Å². The summed E-state index contributed by atoms with van der Waals surface area (Å²) in [6, 6.07) is 6.56. The molecule has 2 aromatic carbocycles. The van der Waals surface area contributed by atoms with Crippen LogP contribution in [0.3, 0.4) is 0 Å². The number of halogens is 4. The van der Waals surface area contributed by atoms with Crippen molar-refractivity contribution >= 4 is 62.5 Å². The van der Waals surface area contributed by atoms with Crippen LogP contribution >= 0.6 is 46.4 Å². The van der Waals surface area contributed by atoms with Gasteiger partial charge in [-0.3, -0.25) is 9.59 Å². The summed E-state index contributed by atoms with van der Waals surface area (Å²) < 4.78 is 10.5. The SMILES string of the molecule is CCCCCC=C(c1cc(Cl)c(OC)c(C(=O)Cl)c1)c1cc(Cl)c(OC)c(C(=O)Cl)c1. The Morgan fingerprint density at radius 1 is 0.839 bits per heavy atom. The number of benzene rings is 2. The highest BCUT2D eigenvalue weighted by Gasteiger charge is 2.21. The molecule has 0 spiro atoms. The van der Waals surface area contributed by atoms with Gasteiger partial charge in [-0.15, -0.1) is 0 Å². The lowest BCUT2D eigenvalue weighted by atomic mass is 9.93. The highest BCUT2D eigenvalue weighted by atomic mass is 35.5. The van der Waals surface area contributed by atoms with Crippen molar-refractivity contribution in [1.82, 2.24) is 0 Å². The van der Waals surface area contributed by atoms with Crippen molar-refractivity contribution in [1.29, 1.82) is 0 Å². The van der Waals surface area contributed by atoms with Crippen LogP contribution in [0.1, 0.15) is 64.4 Å². The van der Waals surface area contributed by atoms with Gasteiger partial charge in [0.1, 0.15) is 11.5 Å². The van der Waals surface area contributed by atoms with E-state index in [1.54, 1.807) is 24.3 Å². The third-order valence-corrected chi connectivity index (χ3v) is 5.67. The predicted molar refractivity (Wildman–Crippen MR) is 128 cm³/mol. The highest BCUT2D eigenvalue weighted by Crippen LogP contribution is 2.39. The van der Waals surface area contributed by atoms with Crippen LogP contribution in [0.25, 0.3) is 5.57 Å². The Morgan fingerprint density at radius 3 is 1.65 bits per heavy atom. The molecule has 0 aliphatic heterocycles. The molecule has 0 aliphatic rings. The number of methoxy groups -OCH3 is 2. The molecule has 0 bridgehead atoms. The zero-order chi connectivity index (χ0) is 23.1. The van der Waals surface area contributed by atoms with Gasteiger partial charge in [0.2, 0.25) is 0 Å². The van der Waals surface area contributed by atoms with E-state index < -0.39 is 10.5 Å². The Morgan fingerprint density at radius 2 is 1.29 bits per heavy atom. The molecular weight excluding hydrogens is 482 g/mol.